The molecule has 0 saturated carbocycles. The van der Waals surface area contributed by atoms with E-state index in [1.807, 2.05) is 0 Å². The average Bonchev–Trinajstić information content (AvgIpc) is 2.92. The second-order valence-electron chi connectivity index (χ2n) is 5.66. The molecule has 1 amide bonds. The van der Waals surface area contributed by atoms with Gasteiger partial charge in [0.05, 0.1) is 24.2 Å². The van der Waals surface area contributed by atoms with Gasteiger partial charge in [0, 0.05) is 18.7 Å². The van der Waals surface area contributed by atoms with Crippen LogP contribution in [0.15, 0.2) is 18.2 Å². The predicted octanol–water partition coefficient (Wildman–Crippen LogP) is 1.03. The van der Waals surface area contributed by atoms with Crippen LogP contribution in [0.4, 0.5) is 4.39 Å². The van der Waals surface area contributed by atoms with Gasteiger partial charge < -0.3 is 14.4 Å². The van der Waals surface area contributed by atoms with Gasteiger partial charge in [0.1, 0.15) is 11.6 Å². The van der Waals surface area contributed by atoms with Crippen molar-refractivity contribution in [3.63, 3.8) is 0 Å². The van der Waals surface area contributed by atoms with E-state index in [1.165, 1.54) is 24.1 Å². The summed E-state index contributed by atoms with van der Waals surface area (Å²) in [4.78, 5) is 25.5. The van der Waals surface area contributed by atoms with Crippen molar-refractivity contribution in [3.8, 4) is 5.75 Å². The second kappa shape index (κ2) is 7.81. The Bertz CT molecular complexity index is 764. The Morgan fingerprint density at radius 1 is 1.36 bits per heavy atom. The van der Waals surface area contributed by atoms with Gasteiger partial charge in [0.15, 0.2) is 16.4 Å². The SMILES string of the molecule is CCN(C(=O)COC(=O)c1ccc(OC)cc1F)[C@H]1CCS(=O)(=O)C1. The predicted molar refractivity (Wildman–Crippen MR) is 87.7 cm³/mol. The van der Waals surface area contributed by atoms with Crippen LogP contribution < -0.4 is 4.74 Å². The smallest absolute Gasteiger partial charge is 0.341 e. The minimum absolute atomic E-state index is 0.0400. The van der Waals surface area contributed by atoms with Crippen molar-refractivity contribution in [2.45, 2.75) is 19.4 Å². The van der Waals surface area contributed by atoms with Gasteiger partial charge in [0.2, 0.25) is 0 Å². The number of amides is 1. The van der Waals surface area contributed by atoms with E-state index >= 15 is 0 Å². The van der Waals surface area contributed by atoms with Gasteiger partial charge in [0.25, 0.3) is 5.91 Å². The molecule has 1 aromatic carbocycles. The molecular weight excluding hydrogens is 353 g/mol. The summed E-state index contributed by atoms with van der Waals surface area (Å²) in [6.45, 7) is 1.44. The normalized spacial score (nSPS) is 18.6. The van der Waals surface area contributed by atoms with E-state index in [-0.39, 0.29) is 22.8 Å². The zero-order valence-electron chi connectivity index (χ0n) is 14.0. The minimum atomic E-state index is -3.13. The van der Waals surface area contributed by atoms with Crippen molar-refractivity contribution < 1.29 is 31.9 Å². The van der Waals surface area contributed by atoms with Gasteiger partial charge >= 0.3 is 5.97 Å². The molecular formula is C16H20FNO6S. The summed E-state index contributed by atoms with van der Waals surface area (Å²) in [5, 5.41) is 0. The Hall–Kier alpha value is -2.16. The Morgan fingerprint density at radius 3 is 2.60 bits per heavy atom. The van der Waals surface area contributed by atoms with Crippen molar-refractivity contribution in [1.29, 1.82) is 0 Å². The lowest BCUT2D eigenvalue weighted by atomic mass is 10.2. The number of rotatable bonds is 6. The maximum Gasteiger partial charge on any atom is 0.341 e. The molecule has 1 aromatic rings. The zero-order chi connectivity index (χ0) is 18.6. The fourth-order valence-electron chi connectivity index (χ4n) is 2.74. The average molecular weight is 373 g/mol. The van der Waals surface area contributed by atoms with Gasteiger partial charge in [-0.1, -0.05) is 0 Å². The van der Waals surface area contributed by atoms with Crippen LogP contribution in [-0.4, -0.2) is 63.0 Å². The number of benzene rings is 1. The lowest BCUT2D eigenvalue weighted by Crippen LogP contribution is -2.43. The van der Waals surface area contributed by atoms with E-state index in [0.29, 0.717) is 13.0 Å². The largest absolute Gasteiger partial charge is 0.497 e. The number of ether oxygens (including phenoxy) is 2. The first-order valence-corrected chi connectivity index (χ1v) is 9.60. The molecule has 1 aliphatic heterocycles. The van der Waals surface area contributed by atoms with Crippen LogP contribution in [0, 0.1) is 5.82 Å². The fourth-order valence-corrected chi connectivity index (χ4v) is 4.47. The molecule has 9 heteroatoms. The molecule has 1 fully saturated rings. The topological polar surface area (TPSA) is 90.0 Å². The van der Waals surface area contributed by atoms with Crippen LogP contribution in [0.2, 0.25) is 0 Å². The van der Waals surface area contributed by atoms with Crippen LogP contribution in [0.5, 0.6) is 5.75 Å². The molecule has 0 N–H and O–H groups in total. The first-order valence-electron chi connectivity index (χ1n) is 7.78. The van der Waals surface area contributed by atoms with Crippen LogP contribution in [0.3, 0.4) is 0 Å². The number of hydrogen-bond acceptors (Lipinski definition) is 6. The van der Waals surface area contributed by atoms with E-state index in [1.54, 1.807) is 6.92 Å². The van der Waals surface area contributed by atoms with Crippen LogP contribution in [-0.2, 0) is 19.4 Å². The van der Waals surface area contributed by atoms with Gasteiger partial charge in [-0.15, -0.1) is 0 Å². The van der Waals surface area contributed by atoms with Gasteiger partial charge in [-0.3, -0.25) is 4.79 Å². The van der Waals surface area contributed by atoms with Crippen molar-refractivity contribution in [1.82, 2.24) is 4.90 Å². The number of methoxy groups -OCH3 is 1. The molecule has 1 saturated heterocycles. The Balaban J connectivity index is 1.97. The quantitative estimate of drug-likeness (QED) is 0.692. The van der Waals surface area contributed by atoms with E-state index in [9.17, 15) is 22.4 Å². The molecule has 138 valence electrons. The van der Waals surface area contributed by atoms with Crippen molar-refractivity contribution >= 4 is 21.7 Å². The number of carbonyl (C=O) groups excluding carboxylic acids is 2. The zero-order valence-corrected chi connectivity index (χ0v) is 14.8. The highest BCUT2D eigenvalue weighted by Crippen LogP contribution is 2.19. The first kappa shape index (κ1) is 19.2. The molecule has 0 aromatic heterocycles. The number of carbonyl (C=O) groups is 2. The standard InChI is InChI=1S/C16H20FNO6S/c1-3-18(11-6-7-25(21,22)10-11)15(19)9-24-16(20)13-5-4-12(23-2)8-14(13)17/h4-5,8,11H,3,6-7,9-10H2,1-2H3/t11-/m0/s1. The van der Waals surface area contributed by atoms with Crippen LogP contribution >= 0.6 is 0 Å². The van der Waals surface area contributed by atoms with Gasteiger partial charge in [-0.25, -0.2) is 17.6 Å². The molecule has 1 heterocycles. The monoisotopic (exact) mass is 373 g/mol. The third kappa shape index (κ3) is 4.68. The summed E-state index contributed by atoms with van der Waals surface area (Å²) in [6, 6.07) is 3.24. The Labute approximate surface area is 145 Å². The second-order valence-corrected chi connectivity index (χ2v) is 7.89. The lowest BCUT2D eigenvalue weighted by Gasteiger charge is -2.26. The summed E-state index contributed by atoms with van der Waals surface area (Å²) < 4.78 is 46.6. The third-order valence-electron chi connectivity index (χ3n) is 4.03. The van der Waals surface area contributed by atoms with E-state index in [2.05, 4.69) is 0 Å². The van der Waals surface area contributed by atoms with E-state index < -0.39 is 40.2 Å². The molecule has 7 nitrogen and oxygen atoms in total. The summed E-state index contributed by atoms with van der Waals surface area (Å²) in [5.41, 5.74) is -0.305. The third-order valence-corrected chi connectivity index (χ3v) is 5.78. The van der Waals surface area contributed by atoms with Crippen LogP contribution in [0.1, 0.15) is 23.7 Å². The highest BCUT2D eigenvalue weighted by atomic mass is 32.2. The number of sulfone groups is 1. The molecule has 0 bridgehead atoms. The first-order chi connectivity index (χ1) is 11.8. The fraction of sp³-hybridized carbons (Fsp3) is 0.500. The molecule has 2 rings (SSSR count). The molecule has 1 aliphatic rings. The minimum Gasteiger partial charge on any atom is -0.497 e. The Kier molecular flexibility index (Phi) is 5.99. The maximum atomic E-state index is 13.8. The van der Waals surface area contributed by atoms with Gasteiger partial charge in [-0.2, -0.15) is 0 Å². The van der Waals surface area contributed by atoms with Crippen molar-refractivity contribution in [2.24, 2.45) is 0 Å². The Morgan fingerprint density at radius 2 is 2.08 bits per heavy atom. The molecule has 0 radical (unpaired) electrons. The number of likely N-dealkylation sites (N-methyl/N-ethyl adjacent to an activating group) is 1. The molecule has 25 heavy (non-hydrogen) atoms. The molecule has 0 unspecified atom stereocenters. The highest BCUT2D eigenvalue weighted by molar-refractivity contribution is 7.91. The number of hydrogen-bond donors (Lipinski definition) is 0. The number of nitrogens with zero attached hydrogens (tertiary/aromatic N) is 1. The maximum absolute atomic E-state index is 13.8. The molecule has 1 atom stereocenters. The van der Waals surface area contributed by atoms with Gasteiger partial charge in [-0.05, 0) is 25.5 Å². The van der Waals surface area contributed by atoms with Crippen LogP contribution in [0.25, 0.3) is 0 Å². The number of halogens is 1. The van der Waals surface area contributed by atoms with E-state index in [0.717, 1.165) is 6.07 Å². The van der Waals surface area contributed by atoms with Crippen molar-refractivity contribution in [3.05, 3.63) is 29.6 Å². The highest BCUT2D eigenvalue weighted by Gasteiger charge is 2.34. The summed E-state index contributed by atoms with van der Waals surface area (Å²) in [6.07, 6.45) is 0.364. The lowest BCUT2D eigenvalue weighted by molar-refractivity contribution is -0.136. The summed E-state index contributed by atoms with van der Waals surface area (Å²) >= 11 is 0. The molecule has 0 spiro atoms. The van der Waals surface area contributed by atoms with E-state index in [4.69, 9.17) is 9.47 Å². The summed E-state index contributed by atoms with van der Waals surface area (Å²) in [5.74, 6) is -2.09. The molecule has 0 aliphatic carbocycles. The number of esters is 1. The van der Waals surface area contributed by atoms with Crippen molar-refractivity contribution in [2.75, 3.05) is 31.8 Å². The summed E-state index contributed by atoms with van der Waals surface area (Å²) in [7, 11) is -1.76.